The van der Waals surface area contributed by atoms with Crippen molar-refractivity contribution in [1.29, 1.82) is 0 Å². The molecule has 2 aliphatic rings. The number of rotatable bonds is 13. The molecule has 186 valence electrons. The number of carbonyl (C=O) groups is 4. The number of nitrogens with zero attached hydrogens (tertiary/aromatic N) is 3. The minimum absolute atomic E-state index is 0.165. The maximum atomic E-state index is 13.1. The van der Waals surface area contributed by atoms with Crippen molar-refractivity contribution in [3.63, 3.8) is 0 Å². The molecule has 1 aliphatic carbocycles. The van der Waals surface area contributed by atoms with Crippen LogP contribution in [0, 0.1) is 5.92 Å². The molecule has 33 heavy (non-hydrogen) atoms. The Morgan fingerprint density at radius 2 is 2.00 bits per heavy atom. The molecule has 12 nitrogen and oxygen atoms in total. The van der Waals surface area contributed by atoms with Gasteiger partial charge < -0.3 is 36.7 Å². The second-order valence-electron chi connectivity index (χ2n) is 8.67. The van der Waals surface area contributed by atoms with E-state index in [1.165, 1.54) is 4.90 Å². The van der Waals surface area contributed by atoms with Crippen LogP contribution in [-0.4, -0.2) is 89.9 Å². The van der Waals surface area contributed by atoms with Gasteiger partial charge in [0, 0.05) is 32.2 Å². The number of aliphatic carboxylic acids is 1. The second-order valence-corrected chi connectivity index (χ2v) is 8.67. The number of piperidine rings is 1. The molecule has 0 aromatic heterocycles. The second kappa shape index (κ2) is 13.5. The summed E-state index contributed by atoms with van der Waals surface area (Å²) in [6.07, 6.45) is 6.34. The van der Waals surface area contributed by atoms with E-state index in [1.54, 1.807) is 6.34 Å². The van der Waals surface area contributed by atoms with E-state index in [-0.39, 0.29) is 24.3 Å². The van der Waals surface area contributed by atoms with Crippen molar-refractivity contribution in [2.45, 2.75) is 64.0 Å². The fraction of sp³-hybridized carbons (Fsp3) is 0.762. The van der Waals surface area contributed by atoms with Gasteiger partial charge in [-0.05, 0) is 38.0 Å². The van der Waals surface area contributed by atoms with Crippen molar-refractivity contribution < 1.29 is 24.3 Å². The van der Waals surface area contributed by atoms with Gasteiger partial charge in [0.05, 0.1) is 6.42 Å². The molecular formula is C21H37N7O5. The minimum atomic E-state index is -1.14. The van der Waals surface area contributed by atoms with Crippen LogP contribution in [0.3, 0.4) is 0 Å². The van der Waals surface area contributed by atoms with E-state index < -0.39 is 30.5 Å². The van der Waals surface area contributed by atoms with Gasteiger partial charge in [-0.25, -0.2) is 4.79 Å². The van der Waals surface area contributed by atoms with E-state index in [0.717, 1.165) is 38.8 Å². The van der Waals surface area contributed by atoms with Gasteiger partial charge in [0.15, 0.2) is 0 Å². The van der Waals surface area contributed by atoms with Gasteiger partial charge in [-0.2, -0.15) is 5.10 Å². The van der Waals surface area contributed by atoms with Crippen LogP contribution in [0.5, 0.6) is 0 Å². The lowest BCUT2D eigenvalue weighted by atomic mass is 9.98. The van der Waals surface area contributed by atoms with Gasteiger partial charge in [0.25, 0.3) is 0 Å². The van der Waals surface area contributed by atoms with Crippen LogP contribution >= 0.6 is 0 Å². The van der Waals surface area contributed by atoms with E-state index in [2.05, 4.69) is 21.1 Å². The van der Waals surface area contributed by atoms with E-state index in [1.807, 2.05) is 11.8 Å². The minimum Gasteiger partial charge on any atom is -0.480 e. The Morgan fingerprint density at radius 3 is 2.64 bits per heavy atom. The standard InChI is InChI=1S/C21H37N7O5/c1-2-3-8-23-21(33)26-17(20(32)28(13-19(30)31)16-6-7-16)10-18(29)24-11-15-5-4-9-27(12-15)14-25-22/h14-17H,2-13,22H2,1H3,(H,24,29)(H,30,31)(H2,23,26,33)/t15-,17-/m0/s1. The number of hydrogen-bond acceptors (Lipinski definition) is 6. The summed E-state index contributed by atoms with van der Waals surface area (Å²) in [5, 5.41) is 20.8. The third kappa shape index (κ3) is 9.54. The molecule has 2 fully saturated rings. The summed E-state index contributed by atoms with van der Waals surface area (Å²) in [7, 11) is 0. The lowest BCUT2D eigenvalue weighted by Crippen LogP contribution is -2.54. The molecule has 0 unspecified atom stereocenters. The molecule has 1 saturated carbocycles. The third-order valence-electron chi connectivity index (χ3n) is 5.75. The zero-order valence-electron chi connectivity index (χ0n) is 19.3. The molecule has 1 aliphatic heterocycles. The summed E-state index contributed by atoms with van der Waals surface area (Å²) in [5.41, 5.74) is 0. The number of hydrazone groups is 1. The fourth-order valence-corrected chi connectivity index (χ4v) is 3.89. The number of urea groups is 1. The topological polar surface area (TPSA) is 169 Å². The number of unbranched alkanes of at least 4 members (excludes halogenated alkanes) is 1. The van der Waals surface area contributed by atoms with Gasteiger partial charge in [0.2, 0.25) is 11.8 Å². The Bertz CT molecular complexity index is 713. The zero-order valence-corrected chi connectivity index (χ0v) is 19.3. The maximum Gasteiger partial charge on any atom is 0.323 e. The molecule has 4 amide bonds. The summed E-state index contributed by atoms with van der Waals surface area (Å²) in [6, 6.07) is -1.86. The quantitative estimate of drug-likeness (QED) is 0.0810. The van der Waals surface area contributed by atoms with E-state index in [0.29, 0.717) is 25.9 Å². The highest BCUT2D eigenvalue weighted by Gasteiger charge is 2.38. The summed E-state index contributed by atoms with van der Waals surface area (Å²) in [5.74, 6) is 3.37. The summed E-state index contributed by atoms with van der Waals surface area (Å²) >= 11 is 0. The molecule has 1 saturated heterocycles. The molecule has 1 heterocycles. The number of carbonyl (C=O) groups excluding carboxylic acids is 3. The first-order valence-corrected chi connectivity index (χ1v) is 11.6. The van der Waals surface area contributed by atoms with Crippen LogP contribution in [0.4, 0.5) is 4.79 Å². The van der Waals surface area contributed by atoms with E-state index in [9.17, 15) is 24.3 Å². The predicted octanol–water partition coefficient (Wildman–Crippen LogP) is -0.350. The number of carboxylic acids is 1. The predicted molar refractivity (Wildman–Crippen MR) is 122 cm³/mol. The number of likely N-dealkylation sites (tertiary alicyclic amines) is 1. The number of amides is 4. The molecule has 0 aromatic rings. The van der Waals surface area contributed by atoms with Crippen molar-refractivity contribution in [1.82, 2.24) is 25.8 Å². The summed E-state index contributed by atoms with van der Waals surface area (Å²) < 4.78 is 0. The normalized spacial score (nSPS) is 19.1. The first-order chi connectivity index (χ1) is 15.8. The summed E-state index contributed by atoms with van der Waals surface area (Å²) in [6.45, 7) is 3.99. The average molecular weight is 468 g/mol. The molecule has 2 rings (SSSR count). The van der Waals surface area contributed by atoms with Crippen LogP contribution in [0.25, 0.3) is 0 Å². The lowest BCUT2D eigenvalue weighted by molar-refractivity contribution is -0.146. The van der Waals surface area contributed by atoms with Crippen molar-refractivity contribution in [2.24, 2.45) is 16.9 Å². The van der Waals surface area contributed by atoms with Crippen LogP contribution in [0.2, 0.25) is 0 Å². The highest BCUT2D eigenvalue weighted by molar-refractivity contribution is 5.93. The molecular weight excluding hydrogens is 430 g/mol. The maximum absolute atomic E-state index is 13.1. The van der Waals surface area contributed by atoms with Gasteiger partial charge in [-0.15, -0.1) is 0 Å². The molecule has 12 heteroatoms. The van der Waals surface area contributed by atoms with E-state index >= 15 is 0 Å². The highest BCUT2D eigenvalue weighted by Crippen LogP contribution is 2.27. The first kappa shape index (κ1) is 26.2. The van der Waals surface area contributed by atoms with Crippen LogP contribution in [-0.2, 0) is 14.4 Å². The van der Waals surface area contributed by atoms with Crippen LogP contribution in [0.1, 0.15) is 51.9 Å². The molecule has 0 aromatic carbocycles. The fourth-order valence-electron chi connectivity index (χ4n) is 3.89. The van der Waals surface area contributed by atoms with Gasteiger partial charge in [-0.3, -0.25) is 14.4 Å². The monoisotopic (exact) mass is 467 g/mol. The Balaban J connectivity index is 1.96. The van der Waals surface area contributed by atoms with Gasteiger partial charge in [0.1, 0.15) is 18.9 Å². The Morgan fingerprint density at radius 1 is 1.24 bits per heavy atom. The smallest absolute Gasteiger partial charge is 0.323 e. The lowest BCUT2D eigenvalue weighted by Gasteiger charge is -2.31. The molecule has 0 spiro atoms. The first-order valence-electron chi connectivity index (χ1n) is 11.6. The van der Waals surface area contributed by atoms with Crippen molar-refractivity contribution in [3.8, 4) is 0 Å². The largest absolute Gasteiger partial charge is 0.480 e. The van der Waals surface area contributed by atoms with Gasteiger partial charge >= 0.3 is 12.0 Å². The number of nitrogens with two attached hydrogens (primary N) is 1. The van der Waals surface area contributed by atoms with E-state index in [4.69, 9.17) is 5.84 Å². The Labute approximate surface area is 194 Å². The molecule has 6 N–H and O–H groups in total. The van der Waals surface area contributed by atoms with Crippen LogP contribution in [0.15, 0.2) is 5.10 Å². The Hall–Kier alpha value is -3.05. The number of nitrogens with one attached hydrogen (secondary N) is 3. The average Bonchev–Trinajstić information content (AvgIpc) is 3.61. The van der Waals surface area contributed by atoms with Crippen molar-refractivity contribution >= 4 is 30.2 Å². The van der Waals surface area contributed by atoms with Crippen molar-refractivity contribution in [2.75, 3.05) is 32.7 Å². The zero-order chi connectivity index (χ0) is 24.2. The molecule has 0 radical (unpaired) electrons. The molecule has 2 atom stereocenters. The molecule has 0 bridgehead atoms. The Kier molecular flexibility index (Phi) is 10.7. The third-order valence-corrected chi connectivity index (χ3v) is 5.75. The number of carboxylic acid groups (broad SMARTS) is 1. The van der Waals surface area contributed by atoms with Crippen molar-refractivity contribution in [3.05, 3.63) is 0 Å². The number of hydrogen-bond donors (Lipinski definition) is 5. The highest BCUT2D eigenvalue weighted by atomic mass is 16.4. The van der Waals surface area contributed by atoms with Crippen LogP contribution < -0.4 is 21.8 Å². The summed E-state index contributed by atoms with van der Waals surface area (Å²) in [4.78, 5) is 52.5. The van der Waals surface area contributed by atoms with Gasteiger partial charge in [-0.1, -0.05) is 13.3 Å². The SMILES string of the molecule is CCCCNC(=O)N[C@@H](CC(=O)NC[C@@H]1CCCN(C=NN)C1)C(=O)N(CC(=O)O)C1CC1.